The van der Waals surface area contributed by atoms with Crippen LogP contribution in [0.5, 0.6) is 0 Å². The number of imide groups is 1. The van der Waals surface area contributed by atoms with Crippen LogP contribution >= 0.6 is 0 Å². The summed E-state index contributed by atoms with van der Waals surface area (Å²) in [5.41, 5.74) is 0.892. The third kappa shape index (κ3) is 7.72. The first kappa shape index (κ1) is 21.3. The Kier molecular flexibility index (Phi) is 8.89. The van der Waals surface area contributed by atoms with Gasteiger partial charge in [-0.05, 0) is 5.56 Å². The topological polar surface area (TPSA) is 120 Å². The van der Waals surface area contributed by atoms with Crippen LogP contribution in [-0.2, 0) is 40.0 Å². The molecule has 0 aromatic heterocycles. The highest BCUT2D eigenvalue weighted by atomic mass is 16.7. The average Bonchev–Trinajstić information content (AvgIpc) is 3.01. The van der Waals surface area contributed by atoms with Crippen LogP contribution in [0.2, 0.25) is 0 Å². The normalized spacial score (nSPS) is 13.5. The van der Waals surface area contributed by atoms with Crippen molar-refractivity contribution in [2.24, 2.45) is 0 Å². The first-order valence-electron chi connectivity index (χ1n) is 8.73. The molecule has 1 aliphatic heterocycles. The Morgan fingerprint density at radius 3 is 2.36 bits per heavy atom. The summed E-state index contributed by atoms with van der Waals surface area (Å²) in [6.45, 7) is 0.571. The fourth-order valence-electron chi connectivity index (χ4n) is 2.16. The van der Waals surface area contributed by atoms with E-state index in [2.05, 4.69) is 10.2 Å². The Morgan fingerprint density at radius 1 is 0.964 bits per heavy atom. The first-order chi connectivity index (χ1) is 13.6. The van der Waals surface area contributed by atoms with Crippen molar-refractivity contribution in [3.05, 3.63) is 35.9 Å². The molecule has 1 aromatic rings. The highest BCUT2D eigenvalue weighted by molar-refractivity contribution is 6.01. The summed E-state index contributed by atoms with van der Waals surface area (Å²) >= 11 is 0. The number of ether oxygens (including phenoxy) is 3. The summed E-state index contributed by atoms with van der Waals surface area (Å²) in [6.07, 6.45) is -0.471. The van der Waals surface area contributed by atoms with E-state index in [0.29, 0.717) is 5.06 Å². The minimum Gasteiger partial charge on any atom is -0.445 e. The van der Waals surface area contributed by atoms with Gasteiger partial charge in [-0.25, -0.2) is 9.59 Å². The fraction of sp³-hybridized carbons (Fsp3) is 0.444. The van der Waals surface area contributed by atoms with Crippen LogP contribution < -0.4 is 5.32 Å². The molecule has 0 bridgehead atoms. The Balaban J connectivity index is 1.42. The van der Waals surface area contributed by atoms with Gasteiger partial charge in [0.2, 0.25) is 0 Å². The van der Waals surface area contributed by atoms with Crippen molar-refractivity contribution in [3.8, 4) is 0 Å². The smallest absolute Gasteiger partial charge is 0.407 e. The maximum absolute atomic E-state index is 11.5. The average molecular weight is 394 g/mol. The Labute approximate surface area is 161 Å². The lowest BCUT2D eigenvalue weighted by molar-refractivity contribution is -0.200. The number of nitrogens with one attached hydrogen (secondary N) is 1. The van der Waals surface area contributed by atoms with E-state index in [1.165, 1.54) is 0 Å². The molecular weight excluding hydrogens is 372 g/mol. The molecule has 3 amide bonds. The zero-order chi connectivity index (χ0) is 20.2. The van der Waals surface area contributed by atoms with E-state index in [1.54, 1.807) is 0 Å². The Morgan fingerprint density at radius 2 is 1.64 bits per heavy atom. The van der Waals surface area contributed by atoms with Gasteiger partial charge >= 0.3 is 12.1 Å². The van der Waals surface area contributed by atoms with Gasteiger partial charge in [0.05, 0.1) is 19.8 Å². The molecule has 1 saturated heterocycles. The summed E-state index contributed by atoms with van der Waals surface area (Å²) in [5.74, 6) is -1.93. The summed E-state index contributed by atoms with van der Waals surface area (Å²) in [4.78, 5) is 50.2. The lowest BCUT2D eigenvalue weighted by atomic mass is 10.2. The van der Waals surface area contributed by atoms with Gasteiger partial charge in [0.15, 0.2) is 0 Å². The van der Waals surface area contributed by atoms with Gasteiger partial charge in [0, 0.05) is 19.4 Å². The van der Waals surface area contributed by atoms with E-state index in [-0.39, 0.29) is 45.8 Å². The predicted octanol–water partition coefficient (Wildman–Crippen LogP) is 0.553. The van der Waals surface area contributed by atoms with Crippen LogP contribution in [0.3, 0.4) is 0 Å². The largest absolute Gasteiger partial charge is 0.445 e. The first-order valence-corrected chi connectivity index (χ1v) is 8.73. The number of hydrogen-bond acceptors (Lipinski definition) is 8. The van der Waals surface area contributed by atoms with Crippen LogP contribution in [0.25, 0.3) is 0 Å². The molecule has 1 heterocycles. The minimum absolute atomic E-state index is 0.0364. The number of carbonyl (C=O) groups excluding carboxylic acids is 4. The second kappa shape index (κ2) is 11.7. The molecule has 1 aliphatic rings. The number of alkyl carbamates (subject to hydrolysis) is 1. The Bertz CT molecular complexity index is 663. The van der Waals surface area contributed by atoms with Crippen molar-refractivity contribution in [2.45, 2.75) is 19.4 Å². The van der Waals surface area contributed by atoms with Crippen LogP contribution in [-0.4, -0.2) is 61.9 Å². The van der Waals surface area contributed by atoms with Crippen LogP contribution in [0.1, 0.15) is 18.4 Å². The monoisotopic (exact) mass is 394 g/mol. The van der Waals surface area contributed by atoms with Gasteiger partial charge in [0.25, 0.3) is 11.8 Å². The second-order valence-electron chi connectivity index (χ2n) is 5.70. The molecule has 0 saturated carbocycles. The van der Waals surface area contributed by atoms with Gasteiger partial charge in [-0.15, -0.1) is 5.06 Å². The van der Waals surface area contributed by atoms with Gasteiger partial charge in [0.1, 0.15) is 13.2 Å². The Hall–Kier alpha value is -2.98. The quantitative estimate of drug-likeness (QED) is 0.427. The number of benzene rings is 1. The van der Waals surface area contributed by atoms with E-state index in [4.69, 9.17) is 14.2 Å². The summed E-state index contributed by atoms with van der Waals surface area (Å²) < 4.78 is 15.3. The highest BCUT2D eigenvalue weighted by Gasteiger charge is 2.32. The summed E-state index contributed by atoms with van der Waals surface area (Å²) in [5, 5.41) is 3.00. The maximum atomic E-state index is 11.5. The van der Waals surface area contributed by atoms with E-state index >= 15 is 0 Å². The molecule has 10 nitrogen and oxygen atoms in total. The standard InChI is InChI=1S/C18H22N2O8/c21-15-6-7-16(22)20(15)28-17(23)13-26-11-10-25-9-8-19-18(24)27-12-14-4-2-1-3-5-14/h1-5H,6-13H2,(H,19,24). The van der Waals surface area contributed by atoms with Gasteiger partial charge in [-0.3, -0.25) is 9.59 Å². The van der Waals surface area contributed by atoms with Gasteiger partial charge in [-0.2, -0.15) is 0 Å². The zero-order valence-corrected chi connectivity index (χ0v) is 15.3. The molecule has 1 N–H and O–H groups in total. The second-order valence-corrected chi connectivity index (χ2v) is 5.70. The van der Waals surface area contributed by atoms with E-state index in [9.17, 15) is 19.2 Å². The van der Waals surface area contributed by atoms with E-state index in [1.807, 2.05) is 30.3 Å². The molecule has 10 heteroatoms. The number of hydroxylamine groups is 2. The number of amides is 3. The molecule has 152 valence electrons. The number of rotatable bonds is 11. The number of nitrogens with zero attached hydrogens (tertiary/aromatic N) is 1. The summed E-state index contributed by atoms with van der Waals surface area (Å²) in [6, 6.07) is 9.30. The molecule has 28 heavy (non-hydrogen) atoms. The van der Waals surface area contributed by atoms with Crippen LogP contribution in [0, 0.1) is 0 Å². The van der Waals surface area contributed by atoms with Crippen molar-refractivity contribution in [1.82, 2.24) is 10.4 Å². The highest BCUT2D eigenvalue weighted by Crippen LogP contribution is 2.11. The molecule has 1 fully saturated rings. The molecule has 0 atom stereocenters. The predicted molar refractivity (Wildman–Crippen MR) is 93.4 cm³/mol. The lowest BCUT2D eigenvalue weighted by Gasteiger charge is -2.12. The van der Waals surface area contributed by atoms with Crippen molar-refractivity contribution in [3.63, 3.8) is 0 Å². The van der Waals surface area contributed by atoms with Crippen molar-refractivity contribution < 1.29 is 38.2 Å². The molecule has 0 unspecified atom stereocenters. The molecule has 2 rings (SSSR count). The van der Waals surface area contributed by atoms with Crippen molar-refractivity contribution >= 4 is 23.9 Å². The van der Waals surface area contributed by atoms with Gasteiger partial charge in [-0.1, -0.05) is 30.3 Å². The van der Waals surface area contributed by atoms with E-state index in [0.717, 1.165) is 5.56 Å². The SMILES string of the molecule is O=C(COCCOCCNC(=O)OCc1ccccc1)ON1C(=O)CCC1=O. The van der Waals surface area contributed by atoms with Crippen molar-refractivity contribution in [2.75, 3.05) is 33.0 Å². The lowest BCUT2D eigenvalue weighted by Crippen LogP contribution is -2.33. The zero-order valence-electron chi connectivity index (χ0n) is 15.3. The number of hydrogen-bond donors (Lipinski definition) is 1. The van der Waals surface area contributed by atoms with Crippen molar-refractivity contribution in [1.29, 1.82) is 0 Å². The van der Waals surface area contributed by atoms with Gasteiger partial charge < -0.3 is 24.4 Å². The maximum Gasteiger partial charge on any atom is 0.407 e. The summed E-state index contributed by atoms with van der Waals surface area (Å²) in [7, 11) is 0. The molecular formula is C18H22N2O8. The minimum atomic E-state index is -0.841. The fourth-order valence-corrected chi connectivity index (χ4v) is 2.16. The number of carbonyl (C=O) groups is 4. The van der Waals surface area contributed by atoms with Crippen LogP contribution in [0.4, 0.5) is 4.79 Å². The third-order valence-corrected chi connectivity index (χ3v) is 3.52. The molecule has 0 radical (unpaired) electrons. The molecule has 0 spiro atoms. The molecule has 0 aliphatic carbocycles. The molecule has 1 aromatic carbocycles. The third-order valence-electron chi connectivity index (χ3n) is 3.52. The van der Waals surface area contributed by atoms with E-state index < -0.39 is 30.5 Å². The van der Waals surface area contributed by atoms with Crippen LogP contribution in [0.15, 0.2) is 30.3 Å².